The smallest absolute Gasteiger partial charge is 0.160 e. The second kappa shape index (κ2) is 6.24. The van der Waals surface area contributed by atoms with Gasteiger partial charge in [0.15, 0.2) is 0 Å². The Balaban J connectivity index is 2.23. The van der Waals surface area contributed by atoms with Crippen LogP contribution in [-0.4, -0.2) is 16.6 Å². The van der Waals surface area contributed by atoms with Gasteiger partial charge in [-0.15, -0.1) is 11.6 Å². The van der Waals surface area contributed by atoms with Gasteiger partial charge in [0.25, 0.3) is 0 Å². The average Bonchev–Trinajstić information content (AvgIpc) is 2.30. The molecule has 2 atom stereocenters. The Labute approximate surface area is 97.9 Å². The van der Waals surface area contributed by atoms with Gasteiger partial charge in [0.1, 0.15) is 0 Å². The second-order valence-electron chi connectivity index (χ2n) is 4.00. The van der Waals surface area contributed by atoms with E-state index in [2.05, 4.69) is 0 Å². The molecule has 0 heterocycles. The molecule has 1 aliphatic carbocycles. The number of halogens is 4. The third-order valence-electron chi connectivity index (χ3n) is 2.82. The fraction of sp³-hybridized carbons (Fsp3) is 1.00. The number of hydrogen-bond donors (Lipinski definition) is 0. The maximum Gasteiger partial charge on any atom is 0.441 e. The Morgan fingerprint density at radius 3 is 2.47 bits per heavy atom. The van der Waals surface area contributed by atoms with Crippen LogP contribution < -0.4 is 0 Å². The van der Waals surface area contributed by atoms with Crippen molar-refractivity contribution in [2.75, 3.05) is 5.75 Å². The summed E-state index contributed by atoms with van der Waals surface area (Å²) in [7, 11) is 0. The topological polar surface area (TPSA) is 0 Å². The first-order chi connectivity index (χ1) is 6.99. The lowest BCUT2D eigenvalue weighted by Gasteiger charge is -2.19. The van der Waals surface area contributed by atoms with Crippen molar-refractivity contribution >= 4 is 23.4 Å². The molecule has 1 rings (SSSR count). The largest absolute Gasteiger partial charge is 0.441 e. The minimum Gasteiger partial charge on any atom is -0.160 e. The fourth-order valence-corrected chi connectivity index (χ4v) is 3.05. The Kier molecular flexibility index (Phi) is 5.61. The zero-order valence-corrected chi connectivity index (χ0v) is 10.1. The standard InChI is InChI=1S/C10H16ClF3S/c11-9-5-3-1-2-4-8(9)6-7-15-10(12,13)14/h8-9H,1-7H2. The predicted octanol–water partition coefficient (Wildman–Crippen LogP) is 4.82. The predicted molar refractivity (Wildman–Crippen MR) is 59.3 cm³/mol. The van der Waals surface area contributed by atoms with Crippen LogP contribution >= 0.6 is 23.4 Å². The molecule has 0 radical (unpaired) electrons. The molecule has 0 spiro atoms. The molecule has 0 aromatic rings. The van der Waals surface area contributed by atoms with Crippen LogP contribution in [0.25, 0.3) is 0 Å². The highest BCUT2D eigenvalue weighted by Crippen LogP contribution is 2.35. The number of hydrogen-bond acceptors (Lipinski definition) is 1. The van der Waals surface area contributed by atoms with E-state index in [1.807, 2.05) is 0 Å². The van der Waals surface area contributed by atoms with Gasteiger partial charge >= 0.3 is 5.51 Å². The highest BCUT2D eigenvalue weighted by molar-refractivity contribution is 8.00. The van der Waals surface area contributed by atoms with Crippen LogP contribution in [0.2, 0.25) is 0 Å². The summed E-state index contributed by atoms with van der Waals surface area (Å²) in [6.45, 7) is 0. The van der Waals surface area contributed by atoms with Crippen molar-refractivity contribution < 1.29 is 13.2 Å². The minimum absolute atomic E-state index is 0.0774. The molecular formula is C10H16ClF3S. The SMILES string of the molecule is FC(F)(F)SCCC1CCCCCC1Cl. The minimum atomic E-state index is -4.09. The maximum atomic E-state index is 11.9. The van der Waals surface area contributed by atoms with E-state index < -0.39 is 5.51 Å². The van der Waals surface area contributed by atoms with Crippen LogP contribution in [0.1, 0.15) is 38.5 Å². The number of alkyl halides is 4. The first kappa shape index (κ1) is 13.5. The van der Waals surface area contributed by atoms with Gasteiger partial charge in [-0.2, -0.15) is 13.2 Å². The van der Waals surface area contributed by atoms with Gasteiger partial charge in [0.05, 0.1) is 0 Å². The Bertz CT molecular complexity index is 184. The molecule has 90 valence electrons. The fourth-order valence-electron chi connectivity index (χ4n) is 1.99. The van der Waals surface area contributed by atoms with E-state index in [1.54, 1.807) is 0 Å². The molecule has 0 amide bonds. The van der Waals surface area contributed by atoms with Gasteiger partial charge in [0, 0.05) is 11.1 Å². The molecule has 0 aromatic carbocycles. The van der Waals surface area contributed by atoms with Gasteiger partial charge in [0.2, 0.25) is 0 Å². The third-order valence-corrected chi connectivity index (χ3v) is 4.16. The van der Waals surface area contributed by atoms with E-state index in [0.717, 1.165) is 25.7 Å². The van der Waals surface area contributed by atoms with Crippen molar-refractivity contribution in [2.45, 2.75) is 49.4 Å². The lowest BCUT2D eigenvalue weighted by Crippen LogP contribution is -2.15. The van der Waals surface area contributed by atoms with Crippen molar-refractivity contribution in [1.82, 2.24) is 0 Å². The third kappa shape index (κ3) is 5.91. The molecule has 15 heavy (non-hydrogen) atoms. The Morgan fingerprint density at radius 2 is 1.80 bits per heavy atom. The highest BCUT2D eigenvalue weighted by atomic mass is 35.5. The van der Waals surface area contributed by atoms with Gasteiger partial charge in [-0.05, 0) is 25.2 Å². The van der Waals surface area contributed by atoms with Crippen LogP contribution in [0.15, 0.2) is 0 Å². The first-order valence-electron chi connectivity index (χ1n) is 5.34. The molecule has 1 fully saturated rings. The molecule has 0 N–H and O–H groups in total. The zero-order chi connectivity index (χ0) is 11.3. The van der Waals surface area contributed by atoms with Gasteiger partial charge in [-0.1, -0.05) is 31.0 Å². The summed E-state index contributed by atoms with van der Waals surface area (Å²) in [4.78, 5) is 0. The van der Waals surface area contributed by atoms with Crippen molar-refractivity contribution in [3.63, 3.8) is 0 Å². The molecule has 0 saturated heterocycles. The van der Waals surface area contributed by atoms with E-state index in [4.69, 9.17) is 11.6 Å². The first-order valence-corrected chi connectivity index (χ1v) is 6.76. The summed E-state index contributed by atoms with van der Waals surface area (Å²) >= 11 is 6.22. The maximum absolute atomic E-state index is 11.9. The molecular weight excluding hydrogens is 245 g/mol. The van der Waals surface area contributed by atoms with Crippen LogP contribution in [0.3, 0.4) is 0 Å². The van der Waals surface area contributed by atoms with Crippen LogP contribution in [0.4, 0.5) is 13.2 Å². The van der Waals surface area contributed by atoms with Crippen LogP contribution in [0.5, 0.6) is 0 Å². The van der Waals surface area contributed by atoms with Crippen molar-refractivity contribution in [2.24, 2.45) is 5.92 Å². The Hall–Kier alpha value is 0.430. The van der Waals surface area contributed by atoms with E-state index in [1.165, 1.54) is 6.42 Å². The summed E-state index contributed by atoms with van der Waals surface area (Å²) in [5.74, 6) is 0.432. The summed E-state index contributed by atoms with van der Waals surface area (Å²) in [6.07, 6.45) is 5.96. The second-order valence-corrected chi connectivity index (χ2v) is 5.72. The normalized spacial score (nSPS) is 28.8. The molecule has 0 nitrogen and oxygen atoms in total. The van der Waals surface area contributed by atoms with Crippen LogP contribution in [-0.2, 0) is 0 Å². The lowest BCUT2D eigenvalue weighted by atomic mass is 9.97. The van der Waals surface area contributed by atoms with Crippen molar-refractivity contribution in [1.29, 1.82) is 0 Å². The van der Waals surface area contributed by atoms with Gasteiger partial charge < -0.3 is 0 Å². The molecule has 0 aromatic heterocycles. The Morgan fingerprint density at radius 1 is 1.13 bits per heavy atom. The molecule has 1 saturated carbocycles. The summed E-state index contributed by atoms with van der Waals surface area (Å²) in [5, 5.41) is 0.0846. The average molecular weight is 261 g/mol. The molecule has 5 heteroatoms. The number of rotatable bonds is 3. The number of thioether (sulfide) groups is 1. The summed E-state index contributed by atoms with van der Waals surface area (Å²) in [5.41, 5.74) is -4.09. The molecule has 1 aliphatic rings. The molecule has 2 unspecified atom stereocenters. The lowest BCUT2D eigenvalue weighted by molar-refractivity contribution is -0.0328. The quantitative estimate of drug-likeness (QED) is 0.518. The van der Waals surface area contributed by atoms with Gasteiger partial charge in [-0.3, -0.25) is 0 Å². The van der Waals surface area contributed by atoms with Crippen LogP contribution in [0, 0.1) is 5.92 Å². The van der Waals surface area contributed by atoms with E-state index in [0.29, 0.717) is 6.42 Å². The summed E-state index contributed by atoms with van der Waals surface area (Å²) in [6, 6.07) is 0. The van der Waals surface area contributed by atoms with Crippen molar-refractivity contribution in [3.05, 3.63) is 0 Å². The zero-order valence-electron chi connectivity index (χ0n) is 8.52. The van der Waals surface area contributed by atoms with E-state index in [-0.39, 0.29) is 28.8 Å². The van der Waals surface area contributed by atoms with Crippen molar-refractivity contribution in [3.8, 4) is 0 Å². The summed E-state index contributed by atoms with van der Waals surface area (Å²) < 4.78 is 35.8. The highest BCUT2D eigenvalue weighted by Gasteiger charge is 2.29. The van der Waals surface area contributed by atoms with E-state index in [9.17, 15) is 13.2 Å². The molecule has 0 bridgehead atoms. The molecule has 0 aliphatic heterocycles. The van der Waals surface area contributed by atoms with E-state index >= 15 is 0 Å². The monoisotopic (exact) mass is 260 g/mol. The van der Waals surface area contributed by atoms with Gasteiger partial charge in [-0.25, -0.2) is 0 Å².